The molecule has 0 saturated carbocycles. The van der Waals surface area contributed by atoms with Gasteiger partial charge < -0.3 is 15.2 Å². The Morgan fingerprint density at radius 3 is 2.71 bits per heavy atom. The quantitative estimate of drug-likeness (QED) is 0.887. The van der Waals surface area contributed by atoms with E-state index in [4.69, 9.17) is 4.74 Å². The molecule has 0 aliphatic carbocycles. The predicted octanol–water partition coefficient (Wildman–Crippen LogP) is 1.81. The fourth-order valence-corrected chi connectivity index (χ4v) is 2.27. The number of carboxylic acids is 1. The monoisotopic (exact) mass is 292 g/mol. The number of carboxylic acid groups (broad SMARTS) is 1. The maximum Gasteiger partial charge on any atom is 0.322 e. The van der Waals surface area contributed by atoms with Crippen LogP contribution in [0.3, 0.4) is 0 Å². The number of carbonyl (C=O) groups excluding carboxylic acids is 1. The Kier molecular flexibility index (Phi) is 4.18. The number of para-hydroxylation sites is 1. The largest absolute Gasteiger partial charge is 0.481 e. The van der Waals surface area contributed by atoms with Gasteiger partial charge in [0.15, 0.2) is 0 Å². The van der Waals surface area contributed by atoms with Gasteiger partial charge in [-0.15, -0.1) is 0 Å². The number of nitrogens with zero attached hydrogens (tertiary/aromatic N) is 1. The average molecular weight is 292 g/mol. The second kappa shape index (κ2) is 5.73. The van der Waals surface area contributed by atoms with E-state index in [0.717, 1.165) is 0 Å². The number of hydrogen-bond acceptors (Lipinski definition) is 3. The highest BCUT2D eigenvalue weighted by Gasteiger charge is 2.36. The number of benzene rings is 1. The molecule has 1 unspecified atom stereocenters. The predicted molar refractivity (Wildman–Crippen MR) is 78.7 cm³/mol. The van der Waals surface area contributed by atoms with Crippen molar-refractivity contribution in [1.82, 2.24) is 5.32 Å². The van der Waals surface area contributed by atoms with Crippen molar-refractivity contribution >= 4 is 17.7 Å². The average Bonchev–Trinajstić information content (AvgIpc) is 2.85. The van der Waals surface area contributed by atoms with Gasteiger partial charge in [-0.05, 0) is 25.5 Å². The zero-order chi connectivity index (χ0) is 15.6. The Hall–Kier alpha value is -2.08. The topological polar surface area (TPSA) is 78.9 Å². The van der Waals surface area contributed by atoms with Crippen molar-refractivity contribution in [3.63, 3.8) is 0 Å². The standard InChI is InChI=1S/C15H20N2O4/c1-15(2,21-3)9-16-14(20)17-8-11(13(18)19)10-6-4-5-7-12(10)17/h4-7,11H,8-9H2,1-3H3,(H,16,20)(H,18,19). The summed E-state index contributed by atoms with van der Waals surface area (Å²) in [6, 6.07) is 6.78. The van der Waals surface area contributed by atoms with Crippen LogP contribution >= 0.6 is 0 Å². The third-order valence-electron chi connectivity index (χ3n) is 3.73. The van der Waals surface area contributed by atoms with Crippen LogP contribution in [0.1, 0.15) is 25.3 Å². The summed E-state index contributed by atoms with van der Waals surface area (Å²) in [5, 5.41) is 12.1. The SMILES string of the molecule is COC(C)(C)CNC(=O)N1CC(C(=O)O)c2ccccc21. The Labute approximate surface area is 123 Å². The summed E-state index contributed by atoms with van der Waals surface area (Å²) < 4.78 is 5.25. The molecule has 1 heterocycles. The van der Waals surface area contributed by atoms with Crippen LogP contribution in [0.5, 0.6) is 0 Å². The summed E-state index contributed by atoms with van der Waals surface area (Å²) in [6.07, 6.45) is 0. The first-order valence-corrected chi connectivity index (χ1v) is 6.78. The van der Waals surface area contributed by atoms with E-state index in [9.17, 15) is 14.7 Å². The number of hydrogen-bond donors (Lipinski definition) is 2. The molecule has 114 valence electrons. The maximum atomic E-state index is 12.3. The van der Waals surface area contributed by atoms with E-state index in [-0.39, 0.29) is 12.6 Å². The second-order valence-corrected chi connectivity index (χ2v) is 5.68. The number of methoxy groups -OCH3 is 1. The summed E-state index contributed by atoms with van der Waals surface area (Å²) in [7, 11) is 1.58. The van der Waals surface area contributed by atoms with Crippen LogP contribution < -0.4 is 10.2 Å². The first-order chi connectivity index (χ1) is 9.85. The van der Waals surface area contributed by atoms with E-state index < -0.39 is 17.5 Å². The van der Waals surface area contributed by atoms with Crippen molar-refractivity contribution in [2.24, 2.45) is 0 Å². The third kappa shape index (κ3) is 3.16. The Bertz CT molecular complexity index is 556. The van der Waals surface area contributed by atoms with Gasteiger partial charge in [-0.25, -0.2) is 4.79 Å². The van der Waals surface area contributed by atoms with Crippen LogP contribution in [0.4, 0.5) is 10.5 Å². The number of amides is 2. The molecule has 1 aromatic rings. The van der Waals surface area contributed by atoms with Gasteiger partial charge in [-0.2, -0.15) is 0 Å². The Morgan fingerprint density at radius 1 is 1.43 bits per heavy atom. The van der Waals surface area contributed by atoms with Crippen LogP contribution in [0, 0.1) is 0 Å². The molecule has 6 heteroatoms. The minimum Gasteiger partial charge on any atom is -0.481 e. The molecule has 2 N–H and O–H groups in total. The number of fused-ring (bicyclic) bond motifs is 1. The summed E-state index contributed by atoms with van der Waals surface area (Å²) >= 11 is 0. The highest BCUT2D eigenvalue weighted by atomic mass is 16.5. The molecule has 6 nitrogen and oxygen atoms in total. The summed E-state index contributed by atoms with van der Waals surface area (Å²) in [5.41, 5.74) is 0.852. The molecule has 1 aliphatic rings. The van der Waals surface area contributed by atoms with Gasteiger partial charge in [-0.3, -0.25) is 9.69 Å². The number of nitrogens with one attached hydrogen (secondary N) is 1. The molecule has 0 saturated heterocycles. The number of ether oxygens (including phenoxy) is 1. The van der Waals surface area contributed by atoms with Gasteiger partial charge in [0.05, 0.1) is 5.60 Å². The molecular formula is C15H20N2O4. The van der Waals surface area contributed by atoms with E-state index in [1.165, 1.54) is 4.90 Å². The molecule has 0 aromatic heterocycles. The molecule has 0 radical (unpaired) electrons. The van der Waals surface area contributed by atoms with Crippen molar-refractivity contribution in [1.29, 1.82) is 0 Å². The van der Waals surface area contributed by atoms with E-state index in [1.54, 1.807) is 31.4 Å². The highest BCUT2D eigenvalue weighted by molar-refractivity contribution is 5.98. The molecule has 2 rings (SSSR count). The molecule has 1 atom stereocenters. The summed E-state index contributed by atoms with van der Waals surface area (Å²) in [5.74, 6) is -1.60. The highest BCUT2D eigenvalue weighted by Crippen LogP contribution is 2.36. The molecule has 21 heavy (non-hydrogen) atoms. The zero-order valence-electron chi connectivity index (χ0n) is 12.4. The number of aliphatic carboxylic acids is 1. The lowest BCUT2D eigenvalue weighted by atomic mass is 10.0. The minimum atomic E-state index is -0.921. The van der Waals surface area contributed by atoms with E-state index in [1.807, 2.05) is 13.8 Å². The van der Waals surface area contributed by atoms with E-state index in [0.29, 0.717) is 17.8 Å². The maximum absolute atomic E-state index is 12.3. The molecule has 0 spiro atoms. The van der Waals surface area contributed by atoms with Crippen molar-refractivity contribution in [2.75, 3.05) is 25.1 Å². The first kappa shape index (κ1) is 15.3. The summed E-state index contributed by atoms with van der Waals surface area (Å²) in [4.78, 5) is 25.1. The molecular weight excluding hydrogens is 272 g/mol. The van der Waals surface area contributed by atoms with Crippen molar-refractivity contribution in [3.05, 3.63) is 29.8 Å². The lowest BCUT2D eigenvalue weighted by molar-refractivity contribution is -0.138. The van der Waals surface area contributed by atoms with Gasteiger partial charge in [0.1, 0.15) is 5.92 Å². The van der Waals surface area contributed by atoms with Crippen molar-refractivity contribution < 1.29 is 19.4 Å². The smallest absolute Gasteiger partial charge is 0.322 e. The molecule has 0 bridgehead atoms. The van der Waals surface area contributed by atoms with Crippen LogP contribution in [0.15, 0.2) is 24.3 Å². The van der Waals surface area contributed by atoms with Gasteiger partial charge in [0.25, 0.3) is 0 Å². The Balaban J connectivity index is 2.15. The number of anilines is 1. The van der Waals surface area contributed by atoms with Gasteiger partial charge >= 0.3 is 12.0 Å². The van der Waals surface area contributed by atoms with Crippen molar-refractivity contribution in [3.8, 4) is 0 Å². The number of carbonyl (C=O) groups is 2. The van der Waals surface area contributed by atoms with E-state index in [2.05, 4.69) is 5.32 Å². The van der Waals surface area contributed by atoms with Crippen LogP contribution in [0.25, 0.3) is 0 Å². The molecule has 2 amide bonds. The fourth-order valence-electron chi connectivity index (χ4n) is 2.27. The molecule has 0 fully saturated rings. The van der Waals surface area contributed by atoms with Gasteiger partial charge in [0, 0.05) is 25.9 Å². The van der Waals surface area contributed by atoms with E-state index >= 15 is 0 Å². The van der Waals surface area contributed by atoms with Gasteiger partial charge in [0.2, 0.25) is 0 Å². The molecule has 1 aliphatic heterocycles. The lowest BCUT2D eigenvalue weighted by Gasteiger charge is -2.25. The van der Waals surface area contributed by atoms with Crippen LogP contribution in [-0.4, -0.2) is 42.9 Å². The van der Waals surface area contributed by atoms with Crippen LogP contribution in [0.2, 0.25) is 0 Å². The minimum absolute atomic E-state index is 0.147. The first-order valence-electron chi connectivity index (χ1n) is 6.78. The fraction of sp³-hybridized carbons (Fsp3) is 0.467. The normalized spacial score (nSPS) is 17.5. The van der Waals surface area contributed by atoms with Crippen molar-refractivity contribution in [2.45, 2.75) is 25.4 Å². The number of rotatable bonds is 4. The second-order valence-electron chi connectivity index (χ2n) is 5.68. The Morgan fingerprint density at radius 2 is 2.10 bits per heavy atom. The van der Waals surface area contributed by atoms with Gasteiger partial charge in [-0.1, -0.05) is 18.2 Å². The van der Waals surface area contributed by atoms with Crippen LogP contribution in [-0.2, 0) is 9.53 Å². The summed E-state index contributed by atoms with van der Waals surface area (Å²) in [6.45, 7) is 4.23. The zero-order valence-corrected chi connectivity index (χ0v) is 12.4. The molecule has 1 aromatic carbocycles. The lowest BCUT2D eigenvalue weighted by Crippen LogP contribution is -2.46. The number of urea groups is 1. The third-order valence-corrected chi connectivity index (χ3v) is 3.73.